The molecule has 33 heteroatoms. The molecule has 5 aromatic carbocycles. The maximum absolute atomic E-state index is 13.7. The summed E-state index contributed by atoms with van der Waals surface area (Å²) in [6, 6.07) is 17.4. The highest BCUT2D eigenvalue weighted by atomic mass is 35.5. The van der Waals surface area contributed by atoms with Crippen LogP contribution in [0.5, 0.6) is 0 Å². The summed E-state index contributed by atoms with van der Waals surface area (Å²) in [4.78, 5) is 41.4. The van der Waals surface area contributed by atoms with E-state index in [2.05, 4.69) is 61.1 Å². The molecule has 9 aromatic rings. The minimum Gasteiger partial charge on any atom is -0.381 e. The lowest BCUT2D eigenvalue weighted by Gasteiger charge is -2.11. The molecule has 0 bridgehead atoms. The molecule has 4 aromatic heterocycles. The van der Waals surface area contributed by atoms with Crippen LogP contribution in [0.25, 0.3) is 33.2 Å². The second-order valence-corrected chi connectivity index (χ2v) is 14.6. The van der Waals surface area contributed by atoms with E-state index in [1.54, 1.807) is 0 Å². The Labute approximate surface area is 434 Å². The molecule has 4 heterocycles. The molecule has 1 aliphatic carbocycles. The molecular weight excluding hydrogens is 1090 g/mol. The maximum atomic E-state index is 13.7. The Bertz CT molecular complexity index is 3560. The molecule has 78 heavy (non-hydrogen) atoms. The monoisotopic (exact) mass is 1110 g/mol. The predicted molar refractivity (Wildman–Crippen MR) is 251 cm³/mol. The largest absolute Gasteiger partial charge is 0.417 e. The van der Waals surface area contributed by atoms with Gasteiger partial charge < -0.3 is 11.1 Å². The van der Waals surface area contributed by atoms with Crippen LogP contribution >= 0.6 is 12.4 Å². The maximum Gasteiger partial charge on any atom is 0.417 e. The number of isocyanates is 1. The summed E-state index contributed by atoms with van der Waals surface area (Å²) in [6.07, 6.45) is 5.24. The summed E-state index contributed by atoms with van der Waals surface area (Å²) >= 11 is 0. The van der Waals surface area contributed by atoms with E-state index in [-0.39, 0.29) is 41.2 Å². The number of alkyl halides is 3. The van der Waals surface area contributed by atoms with Crippen LogP contribution in [0.4, 0.5) is 65.7 Å². The molecule has 402 valence electrons. The number of benzene rings is 5. The highest BCUT2D eigenvalue weighted by molar-refractivity contribution is 6.04. The molecule has 0 aliphatic heterocycles. The minimum atomic E-state index is -4.72. The van der Waals surface area contributed by atoms with Crippen molar-refractivity contribution in [2.75, 3.05) is 11.1 Å². The number of carbonyl (C=O) groups excluding carboxylic acids is 3. The topological polar surface area (TPSA) is 273 Å². The number of halogens is 12. The van der Waals surface area contributed by atoms with Crippen LogP contribution in [0.2, 0.25) is 0 Å². The molecule has 0 radical (unpaired) electrons. The van der Waals surface area contributed by atoms with E-state index in [9.17, 15) is 62.7 Å². The SMILES string of the molecule is C1CC1.Cl.Nc1cnn(-c2c(F)cccc2F)n1.O=C(Nc1cnn(-c2c(F)cccc2F)n1)c1ccccc1C(F)(F)F.O=C=Nc1cnn(-c2c(F)cccc2F)n1.[N-]=[N+]=NC(=O)c1cnn(-c2c(F)cccc2F)n1. The minimum absolute atomic E-state index is 0. The van der Waals surface area contributed by atoms with Gasteiger partial charge in [-0.25, -0.2) is 39.9 Å². The summed E-state index contributed by atoms with van der Waals surface area (Å²) in [5.41, 5.74) is 9.45. The standard InChI is InChI=1S/C16H9F5N4O.C9H4F2N6O.C9H4F2N4O.C8H6F2N4.C3H6.ClH/c17-11-6-3-7-12(18)14(11)25-22-8-13(24-25)23-15(26)9-4-1-2-5-10(9)16(19,20)21;10-5-2-1-3-6(11)8(5)17-13-4-7(15-17)9(18)14-16-12;10-6-2-1-3-7(11)9(6)15-13-4-8(14-15)12-5-16;9-5-2-1-3-6(10)8(5)14-12-4-7(11)13-14;1-2-3-1;/h1-8H,(H,23,24,26);1-4H;1-4H;1-4H,(H2,11,13);1-3H2;1H. The summed E-state index contributed by atoms with van der Waals surface area (Å²) in [5, 5.41) is 33.6. The second kappa shape index (κ2) is 26.9. The zero-order valence-corrected chi connectivity index (χ0v) is 39.5. The molecule has 2 amide bonds. The first-order valence-corrected chi connectivity index (χ1v) is 21.2. The van der Waals surface area contributed by atoms with Crippen molar-refractivity contribution in [2.24, 2.45) is 10.1 Å². The summed E-state index contributed by atoms with van der Waals surface area (Å²) < 4.78 is 146. The smallest absolute Gasteiger partial charge is 0.381 e. The summed E-state index contributed by atoms with van der Waals surface area (Å²) in [7, 11) is 0. The van der Waals surface area contributed by atoms with Crippen LogP contribution in [-0.2, 0) is 11.0 Å². The molecule has 0 saturated heterocycles. The molecule has 0 unspecified atom stereocenters. The van der Waals surface area contributed by atoms with Gasteiger partial charge in [0.15, 0.2) is 86.6 Å². The van der Waals surface area contributed by atoms with Crippen molar-refractivity contribution in [3.63, 3.8) is 0 Å². The molecule has 1 fully saturated rings. The molecule has 0 spiro atoms. The number of azide groups is 1. The van der Waals surface area contributed by atoms with Crippen molar-refractivity contribution in [2.45, 2.75) is 25.4 Å². The number of amides is 2. The normalized spacial score (nSPS) is 10.9. The van der Waals surface area contributed by atoms with Gasteiger partial charge in [-0.15, -0.1) is 57.0 Å². The number of anilines is 2. The average molecular weight is 1120 g/mol. The van der Waals surface area contributed by atoms with Gasteiger partial charge in [0.1, 0.15) is 0 Å². The van der Waals surface area contributed by atoms with Crippen molar-refractivity contribution in [3.05, 3.63) is 196 Å². The van der Waals surface area contributed by atoms with E-state index < -0.39 is 92.7 Å². The second-order valence-electron chi connectivity index (χ2n) is 14.6. The molecular formula is C45H30ClF11N18O3. The number of aliphatic imine (C=N–C) groups is 1. The third-order valence-corrected chi connectivity index (χ3v) is 9.11. The van der Waals surface area contributed by atoms with Gasteiger partial charge >= 0.3 is 6.18 Å². The van der Waals surface area contributed by atoms with Gasteiger partial charge in [0, 0.05) is 4.91 Å². The van der Waals surface area contributed by atoms with Gasteiger partial charge in [-0.05, 0) is 71.3 Å². The summed E-state index contributed by atoms with van der Waals surface area (Å²) in [5.74, 6) is -9.04. The first-order valence-electron chi connectivity index (χ1n) is 21.2. The van der Waals surface area contributed by atoms with Gasteiger partial charge in [0.2, 0.25) is 11.9 Å². The zero-order valence-electron chi connectivity index (χ0n) is 38.7. The van der Waals surface area contributed by atoms with Crippen LogP contribution in [-0.4, -0.2) is 77.9 Å². The Hall–Kier alpha value is -10.2. The van der Waals surface area contributed by atoms with Crippen LogP contribution in [0.3, 0.4) is 0 Å². The third kappa shape index (κ3) is 15.4. The lowest BCUT2D eigenvalue weighted by Crippen LogP contribution is -2.19. The van der Waals surface area contributed by atoms with Crippen molar-refractivity contribution < 1.29 is 62.7 Å². The van der Waals surface area contributed by atoms with E-state index in [4.69, 9.17) is 11.3 Å². The number of nitrogens with zero attached hydrogens (tertiary/aromatic N) is 16. The average Bonchev–Trinajstić information content (AvgIpc) is 3.67. The van der Waals surface area contributed by atoms with Gasteiger partial charge in [-0.1, -0.05) is 55.7 Å². The van der Waals surface area contributed by atoms with E-state index in [1.165, 1.54) is 55.8 Å². The highest BCUT2D eigenvalue weighted by Crippen LogP contribution is 2.32. The fourth-order valence-corrected chi connectivity index (χ4v) is 5.66. The first kappa shape index (κ1) is 58.7. The number of rotatable bonds is 8. The van der Waals surface area contributed by atoms with Gasteiger partial charge in [-0.2, -0.15) is 33.6 Å². The van der Waals surface area contributed by atoms with Crippen molar-refractivity contribution in [1.29, 1.82) is 0 Å². The fourth-order valence-electron chi connectivity index (χ4n) is 5.66. The lowest BCUT2D eigenvalue weighted by atomic mass is 10.1. The fraction of sp³-hybridized carbons (Fsp3) is 0.0889. The number of nitrogens with two attached hydrogens (primary N) is 1. The quantitative estimate of drug-likeness (QED) is 0.0359. The predicted octanol–water partition coefficient (Wildman–Crippen LogP) is 10.0. The first-order chi connectivity index (χ1) is 36.8. The molecule has 1 aliphatic rings. The number of para-hydroxylation sites is 4. The van der Waals surface area contributed by atoms with Crippen molar-refractivity contribution in [3.8, 4) is 22.7 Å². The number of hydrogen-bond acceptors (Lipinski definition) is 13. The Kier molecular flexibility index (Phi) is 20.2. The number of nitrogens with one attached hydrogen (secondary N) is 1. The lowest BCUT2D eigenvalue weighted by molar-refractivity contribution is -0.137. The zero-order chi connectivity index (χ0) is 55.8. The molecule has 10 rings (SSSR count). The summed E-state index contributed by atoms with van der Waals surface area (Å²) in [6.45, 7) is 0. The van der Waals surface area contributed by atoms with Gasteiger partial charge in [0.25, 0.3) is 11.8 Å². The van der Waals surface area contributed by atoms with Crippen LogP contribution in [0, 0.1) is 46.5 Å². The van der Waals surface area contributed by atoms with E-state index in [0.29, 0.717) is 9.59 Å². The molecule has 0 atom stereocenters. The van der Waals surface area contributed by atoms with Crippen molar-refractivity contribution >= 4 is 47.8 Å². The Balaban J connectivity index is 0.000000192. The van der Waals surface area contributed by atoms with Crippen molar-refractivity contribution in [1.82, 2.24) is 60.0 Å². The Morgan fingerprint density at radius 3 is 1.41 bits per heavy atom. The number of nitrogen functional groups attached to an aromatic ring is 1. The number of hydrogen-bond donors (Lipinski definition) is 2. The number of aromatic nitrogens is 12. The Morgan fingerprint density at radius 1 is 0.577 bits per heavy atom. The van der Waals surface area contributed by atoms with E-state index in [1.807, 2.05) is 0 Å². The van der Waals surface area contributed by atoms with Gasteiger partial charge in [0.05, 0.1) is 35.9 Å². The molecule has 3 N–H and O–H groups in total. The molecule has 1 saturated carbocycles. The number of carbonyl (C=O) groups is 2. The van der Waals surface area contributed by atoms with Gasteiger partial charge in [-0.3, -0.25) is 9.59 Å². The van der Waals surface area contributed by atoms with Crippen LogP contribution in [0.1, 0.15) is 45.7 Å². The highest BCUT2D eigenvalue weighted by Gasteiger charge is 2.35. The van der Waals surface area contributed by atoms with Crippen LogP contribution in [0.15, 0.2) is 132 Å². The van der Waals surface area contributed by atoms with E-state index >= 15 is 0 Å². The van der Waals surface area contributed by atoms with Crippen LogP contribution < -0.4 is 11.1 Å². The Morgan fingerprint density at radius 2 is 0.987 bits per heavy atom. The third-order valence-electron chi connectivity index (χ3n) is 9.11. The molecule has 21 nitrogen and oxygen atoms in total. The van der Waals surface area contributed by atoms with E-state index in [0.717, 1.165) is 101 Å².